The van der Waals surface area contributed by atoms with Crippen LogP contribution in [0.4, 0.5) is 15.9 Å². The maximum Gasteiger partial charge on any atom is 0.255 e. The van der Waals surface area contributed by atoms with Gasteiger partial charge in [-0.15, -0.1) is 0 Å². The third-order valence-corrected chi connectivity index (χ3v) is 9.02. The van der Waals surface area contributed by atoms with Gasteiger partial charge in [-0.2, -0.15) is 5.26 Å². The maximum absolute atomic E-state index is 14.7. The van der Waals surface area contributed by atoms with Crippen molar-refractivity contribution in [1.82, 2.24) is 29.5 Å². The van der Waals surface area contributed by atoms with Crippen LogP contribution in [0.3, 0.4) is 0 Å². The van der Waals surface area contributed by atoms with Gasteiger partial charge in [-0.25, -0.2) is 14.4 Å². The fraction of sp³-hybridized carbons (Fsp3) is 0.344. The molecule has 0 radical (unpaired) electrons. The van der Waals surface area contributed by atoms with Crippen molar-refractivity contribution >= 4 is 52.2 Å². The first kappa shape index (κ1) is 32.5. The van der Waals surface area contributed by atoms with Gasteiger partial charge in [0.05, 0.1) is 34.1 Å². The number of anilines is 2. The lowest BCUT2D eigenvalue weighted by molar-refractivity contribution is -0.138. The van der Waals surface area contributed by atoms with E-state index in [4.69, 9.17) is 33.2 Å². The van der Waals surface area contributed by atoms with Crippen molar-refractivity contribution in [3.05, 3.63) is 70.3 Å². The van der Waals surface area contributed by atoms with Gasteiger partial charge in [0.1, 0.15) is 6.07 Å². The van der Waals surface area contributed by atoms with Gasteiger partial charge in [0.2, 0.25) is 5.91 Å². The number of likely N-dealkylation sites (tertiary alicyclic amines) is 1. The molecule has 2 aromatic carbocycles. The van der Waals surface area contributed by atoms with E-state index < -0.39 is 5.82 Å². The van der Waals surface area contributed by atoms with Gasteiger partial charge >= 0.3 is 0 Å². The number of piperidine rings is 1. The molecule has 2 fully saturated rings. The summed E-state index contributed by atoms with van der Waals surface area (Å²) in [6.45, 7) is 2.31. The van der Waals surface area contributed by atoms with Gasteiger partial charge < -0.3 is 30.3 Å². The summed E-state index contributed by atoms with van der Waals surface area (Å²) in [5.74, 6) is -0.693. The number of piperazine rings is 1. The highest BCUT2D eigenvalue weighted by atomic mass is 35.5. The molecule has 0 aliphatic carbocycles. The average Bonchev–Trinajstić information content (AvgIpc) is 3.53. The van der Waals surface area contributed by atoms with E-state index in [1.54, 1.807) is 52.2 Å². The second kappa shape index (κ2) is 14.1. The molecule has 3 N–H and O–H groups in total. The lowest BCUT2D eigenvalue weighted by atomic mass is 9.94. The number of ether oxygens (including phenoxy) is 1. The summed E-state index contributed by atoms with van der Waals surface area (Å²) < 4.78 is 21.5. The predicted molar refractivity (Wildman–Crippen MR) is 173 cm³/mol. The summed E-state index contributed by atoms with van der Waals surface area (Å²) in [6.07, 6.45) is 5.89. The first-order valence-corrected chi connectivity index (χ1v) is 15.8. The van der Waals surface area contributed by atoms with Crippen LogP contribution in [0.15, 0.2) is 48.9 Å². The van der Waals surface area contributed by atoms with E-state index in [0.717, 1.165) is 0 Å². The number of halogens is 3. The summed E-state index contributed by atoms with van der Waals surface area (Å²) in [6, 6.07) is 9.23. The Morgan fingerprint density at radius 3 is 2.68 bits per heavy atom. The molecule has 244 valence electrons. The summed E-state index contributed by atoms with van der Waals surface area (Å²) in [5, 5.41) is 25.0. The Hall–Kier alpha value is -4.48. The van der Waals surface area contributed by atoms with Crippen LogP contribution in [0.5, 0.6) is 5.75 Å². The molecule has 4 aromatic rings. The molecule has 0 bridgehead atoms. The van der Waals surface area contributed by atoms with Crippen molar-refractivity contribution in [2.75, 3.05) is 51.3 Å². The van der Waals surface area contributed by atoms with Gasteiger partial charge in [0, 0.05) is 74.4 Å². The first-order chi connectivity index (χ1) is 22.8. The highest BCUT2D eigenvalue weighted by Gasteiger charge is 2.33. The van der Waals surface area contributed by atoms with Gasteiger partial charge in [0.15, 0.2) is 29.6 Å². The molecule has 2 aliphatic heterocycles. The van der Waals surface area contributed by atoms with E-state index in [0.29, 0.717) is 79.5 Å². The number of imidazole rings is 1. The Morgan fingerprint density at radius 1 is 1.13 bits per heavy atom. The number of nitrogens with one attached hydrogen (secondary N) is 2. The van der Waals surface area contributed by atoms with Crippen LogP contribution >= 0.6 is 23.2 Å². The van der Waals surface area contributed by atoms with Crippen molar-refractivity contribution in [2.24, 2.45) is 5.92 Å². The number of nitrogens with zero attached hydrogens (tertiary/aromatic N) is 6. The third kappa shape index (κ3) is 6.82. The number of aliphatic hydroxyl groups excluding tert-OH is 1. The Bertz CT molecular complexity index is 1860. The van der Waals surface area contributed by atoms with Crippen LogP contribution in [-0.4, -0.2) is 93.1 Å². The number of amides is 2. The number of hydrogen-bond acceptors (Lipinski definition) is 9. The summed E-state index contributed by atoms with van der Waals surface area (Å²) >= 11 is 13.0. The second-order valence-electron chi connectivity index (χ2n) is 11.3. The number of carbonyl (C=O) groups is 2. The first-order valence-electron chi connectivity index (χ1n) is 15.1. The second-order valence-corrected chi connectivity index (χ2v) is 12.1. The normalized spacial score (nSPS) is 17.0. The van der Waals surface area contributed by atoms with E-state index in [2.05, 4.69) is 20.6 Å². The lowest BCUT2D eigenvalue weighted by Gasteiger charge is -2.38. The zero-order valence-corrected chi connectivity index (χ0v) is 26.6. The Kier molecular flexibility index (Phi) is 9.74. The number of aromatic nitrogens is 3. The van der Waals surface area contributed by atoms with Crippen LogP contribution in [0.25, 0.3) is 16.9 Å². The highest BCUT2D eigenvalue weighted by molar-refractivity contribution is 6.34. The van der Waals surface area contributed by atoms with Crippen LogP contribution in [0, 0.1) is 23.1 Å². The fourth-order valence-electron chi connectivity index (χ4n) is 5.96. The Balaban J connectivity index is 1.13. The van der Waals surface area contributed by atoms with Crippen LogP contribution < -0.4 is 15.4 Å². The smallest absolute Gasteiger partial charge is 0.255 e. The van der Waals surface area contributed by atoms with Crippen molar-refractivity contribution in [1.29, 1.82) is 5.26 Å². The number of hydrogen-bond donors (Lipinski definition) is 3. The van der Waals surface area contributed by atoms with Crippen LogP contribution in [0.1, 0.15) is 23.2 Å². The zero-order valence-electron chi connectivity index (χ0n) is 25.1. The van der Waals surface area contributed by atoms with Crippen LogP contribution in [-0.2, 0) is 4.79 Å². The SMILES string of the molecule is N#CCOc1cc(Cl)c(-c2cnc3c(Nc4ccc(C(=O)N5CCC(C(=O)N6CCNC(CO)C6)CC5)c(Cl)c4)nccn23)cc1F. The molecule has 2 saturated heterocycles. The minimum absolute atomic E-state index is 0.0163. The van der Waals surface area contributed by atoms with E-state index in [1.165, 1.54) is 12.1 Å². The molecule has 2 aliphatic rings. The minimum Gasteiger partial charge on any atom is -0.476 e. The largest absolute Gasteiger partial charge is 0.476 e. The van der Waals surface area contributed by atoms with Gasteiger partial charge in [-0.05, 0) is 37.1 Å². The molecule has 12 nitrogen and oxygen atoms in total. The van der Waals surface area contributed by atoms with Crippen molar-refractivity contribution in [3.63, 3.8) is 0 Å². The van der Waals surface area contributed by atoms with E-state index >= 15 is 0 Å². The van der Waals surface area contributed by atoms with Gasteiger partial charge in [-0.3, -0.25) is 14.0 Å². The fourth-order valence-corrected chi connectivity index (χ4v) is 6.47. The van der Waals surface area contributed by atoms with Crippen molar-refractivity contribution in [3.8, 4) is 23.1 Å². The lowest BCUT2D eigenvalue weighted by Crippen LogP contribution is -2.56. The van der Waals surface area contributed by atoms with Crippen molar-refractivity contribution in [2.45, 2.75) is 18.9 Å². The molecule has 0 saturated carbocycles. The zero-order chi connectivity index (χ0) is 33.1. The average molecular weight is 682 g/mol. The molecular weight excluding hydrogens is 650 g/mol. The number of rotatable bonds is 8. The van der Waals surface area contributed by atoms with Gasteiger partial charge in [-0.1, -0.05) is 23.2 Å². The highest BCUT2D eigenvalue weighted by Crippen LogP contribution is 2.35. The molecule has 2 aromatic heterocycles. The number of fused-ring (bicyclic) bond motifs is 1. The number of carbonyl (C=O) groups excluding carboxylic acids is 2. The monoisotopic (exact) mass is 680 g/mol. The molecule has 1 unspecified atom stereocenters. The number of aliphatic hydroxyl groups is 1. The van der Waals surface area contributed by atoms with Gasteiger partial charge in [0.25, 0.3) is 5.91 Å². The molecule has 1 atom stereocenters. The maximum atomic E-state index is 14.7. The van der Waals surface area contributed by atoms with Crippen molar-refractivity contribution < 1.29 is 23.8 Å². The molecule has 2 amide bonds. The van der Waals surface area contributed by atoms with E-state index in [9.17, 15) is 19.1 Å². The third-order valence-electron chi connectivity index (χ3n) is 8.40. The Morgan fingerprint density at radius 2 is 1.94 bits per heavy atom. The molecule has 47 heavy (non-hydrogen) atoms. The van der Waals surface area contributed by atoms with E-state index in [-0.39, 0.29) is 52.8 Å². The standard InChI is InChI=1S/C32H31Cl2FN8O4/c33-24-13-20(1-2-22(24)32(46)41-8-3-19(4-9-41)31(45)42-10-6-37-21(17-42)18-44)40-29-30-39-16-27(43(30)11-7-38-29)23-14-26(35)28(15-25(23)34)47-12-5-36/h1-2,7,11,13-16,19,21,37,44H,3-4,6,8-10,12,17-18H2,(H,38,40). The molecule has 15 heteroatoms. The summed E-state index contributed by atoms with van der Waals surface area (Å²) in [4.78, 5) is 38.9. The Labute approximate surface area is 279 Å². The summed E-state index contributed by atoms with van der Waals surface area (Å²) in [7, 11) is 0. The quantitative estimate of drug-likeness (QED) is 0.250. The number of benzene rings is 2. The topological polar surface area (TPSA) is 148 Å². The van der Waals surface area contributed by atoms with Crippen LogP contribution in [0.2, 0.25) is 10.0 Å². The predicted octanol–water partition coefficient (Wildman–Crippen LogP) is 4.13. The molecule has 6 rings (SSSR count). The molecular formula is C32H31Cl2FN8O4. The number of nitriles is 1. The van der Waals surface area contributed by atoms with E-state index in [1.807, 2.05) is 4.90 Å². The summed E-state index contributed by atoms with van der Waals surface area (Å²) in [5.41, 5.74) is 2.24. The minimum atomic E-state index is -0.670. The molecule has 0 spiro atoms. The molecule has 4 heterocycles.